The number of carbonyl (C=O) groups is 1. The fourth-order valence-electron chi connectivity index (χ4n) is 1.96. The van der Waals surface area contributed by atoms with E-state index in [-0.39, 0.29) is 11.5 Å². The number of benzene rings is 1. The first-order valence-electron chi connectivity index (χ1n) is 5.82. The van der Waals surface area contributed by atoms with Crippen molar-refractivity contribution in [2.24, 2.45) is 7.05 Å². The van der Waals surface area contributed by atoms with Gasteiger partial charge in [0.05, 0.1) is 17.7 Å². The highest BCUT2D eigenvalue weighted by Gasteiger charge is 2.10. The smallest absolute Gasteiger partial charge is 0.338 e. The Balaban J connectivity index is 2.66. The number of aromatic nitrogens is 1. The molecule has 1 aromatic heterocycles. The Morgan fingerprint density at radius 2 is 2.06 bits per heavy atom. The number of fused-ring (bicyclic) bond motifs is 1. The van der Waals surface area contributed by atoms with Crippen molar-refractivity contribution >= 4 is 16.9 Å². The zero-order valence-electron chi connectivity index (χ0n) is 10.7. The van der Waals surface area contributed by atoms with Crippen LogP contribution in [0.2, 0.25) is 0 Å². The predicted molar refractivity (Wildman–Crippen MR) is 69.9 cm³/mol. The number of pyridine rings is 1. The Morgan fingerprint density at radius 3 is 2.72 bits per heavy atom. The lowest BCUT2D eigenvalue weighted by Crippen LogP contribution is -2.16. The molecule has 0 radical (unpaired) electrons. The molecule has 0 saturated carbocycles. The van der Waals surface area contributed by atoms with Crippen LogP contribution in [-0.2, 0) is 11.8 Å². The number of aryl methyl sites for hydroxylation is 2. The third-order valence-corrected chi connectivity index (χ3v) is 2.96. The van der Waals surface area contributed by atoms with Crippen LogP contribution in [-0.4, -0.2) is 17.1 Å². The van der Waals surface area contributed by atoms with Crippen molar-refractivity contribution in [3.05, 3.63) is 45.7 Å². The molecule has 4 nitrogen and oxygen atoms in total. The maximum absolute atomic E-state index is 11.7. The van der Waals surface area contributed by atoms with Crippen LogP contribution in [0.25, 0.3) is 10.9 Å². The summed E-state index contributed by atoms with van der Waals surface area (Å²) in [6.45, 7) is 3.98. The Bertz CT molecular complexity index is 671. The van der Waals surface area contributed by atoms with Crippen LogP contribution in [0.4, 0.5) is 0 Å². The monoisotopic (exact) mass is 245 g/mol. The molecule has 2 aromatic rings. The quantitative estimate of drug-likeness (QED) is 0.760. The fourth-order valence-corrected chi connectivity index (χ4v) is 1.96. The SMILES string of the molecule is CCOC(=O)c1ccc2c(c1)c(C)cc(=O)n2C. The summed E-state index contributed by atoms with van der Waals surface area (Å²) >= 11 is 0. The average molecular weight is 245 g/mol. The Kier molecular flexibility index (Phi) is 3.19. The van der Waals surface area contributed by atoms with Gasteiger partial charge in [0.15, 0.2) is 0 Å². The number of hydrogen-bond acceptors (Lipinski definition) is 3. The maximum atomic E-state index is 11.7. The van der Waals surface area contributed by atoms with Crippen LogP contribution in [0.5, 0.6) is 0 Å². The van der Waals surface area contributed by atoms with E-state index in [2.05, 4.69) is 0 Å². The van der Waals surface area contributed by atoms with E-state index in [1.54, 1.807) is 42.8 Å². The number of rotatable bonds is 2. The molecule has 4 heteroatoms. The van der Waals surface area contributed by atoms with Crippen LogP contribution in [0.3, 0.4) is 0 Å². The number of hydrogen-bond donors (Lipinski definition) is 0. The molecular weight excluding hydrogens is 230 g/mol. The topological polar surface area (TPSA) is 48.3 Å². The second kappa shape index (κ2) is 4.64. The van der Waals surface area contributed by atoms with E-state index in [9.17, 15) is 9.59 Å². The molecule has 0 N–H and O–H groups in total. The lowest BCUT2D eigenvalue weighted by atomic mass is 10.1. The minimum absolute atomic E-state index is 0.0520. The van der Waals surface area contributed by atoms with Crippen molar-refractivity contribution in [2.45, 2.75) is 13.8 Å². The summed E-state index contributed by atoms with van der Waals surface area (Å²) < 4.78 is 6.53. The van der Waals surface area contributed by atoms with Gasteiger partial charge in [-0.25, -0.2) is 4.79 Å². The second-order valence-corrected chi connectivity index (χ2v) is 4.18. The van der Waals surface area contributed by atoms with Gasteiger partial charge < -0.3 is 9.30 Å². The molecule has 0 unspecified atom stereocenters. The molecule has 0 fully saturated rings. The van der Waals surface area contributed by atoms with Gasteiger partial charge in [-0.3, -0.25) is 4.79 Å². The number of nitrogens with zero attached hydrogens (tertiary/aromatic N) is 1. The molecule has 0 saturated heterocycles. The van der Waals surface area contributed by atoms with Gasteiger partial charge in [0.2, 0.25) is 0 Å². The van der Waals surface area contributed by atoms with Gasteiger partial charge >= 0.3 is 5.97 Å². The van der Waals surface area contributed by atoms with Crippen molar-refractivity contribution in [1.29, 1.82) is 0 Å². The molecule has 0 aliphatic rings. The summed E-state index contributed by atoms with van der Waals surface area (Å²) in [4.78, 5) is 23.3. The molecular formula is C14H15NO3. The van der Waals surface area contributed by atoms with Crippen LogP contribution >= 0.6 is 0 Å². The minimum atomic E-state index is -0.340. The maximum Gasteiger partial charge on any atom is 0.338 e. The van der Waals surface area contributed by atoms with Gasteiger partial charge in [-0.2, -0.15) is 0 Å². The minimum Gasteiger partial charge on any atom is -0.462 e. The van der Waals surface area contributed by atoms with Crippen LogP contribution in [0, 0.1) is 6.92 Å². The summed E-state index contributed by atoms with van der Waals surface area (Å²) in [7, 11) is 1.72. The lowest BCUT2D eigenvalue weighted by Gasteiger charge is -2.09. The van der Waals surface area contributed by atoms with Crippen molar-refractivity contribution in [3.63, 3.8) is 0 Å². The van der Waals surface area contributed by atoms with E-state index < -0.39 is 0 Å². The Labute approximate surface area is 105 Å². The van der Waals surface area contributed by atoms with Crippen LogP contribution in [0.15, 0.2) is 29.1 Å². The average Bonchev–Trinajstić information content (AvgIpc) is 2.36. The molecule has 0 atom stereocenters. The third-order valence-electron chi connectivity index (χ3n) is 2.96. The Morgan fingerprint density at radius 1 is 1.33 bits per heavy atom. The van der Waals surface area contributed by atoms with Gasteiger partial charge in [0.1, 0.15) is 0 Å². The van der Waals surface area contributed by atoms with E-state index in [1.165, 1.54) is 0 Å². The fraction of sp³-hybridized carbons (Fsp3) is 0.286. The number of ether oxygens (including phenoxy) is 1. The summed E-state index contributed by atoms with van der Waals surface area (Å²) in [6.07, 6.45) is 0. The Hall–Kier alpha value is -2.10. The molecule has 0 aliphatic heterocycles. The van der Waals surface area contributed by atoms with Gasteiger partial charge in [0, 0.05) is 18.5 Å². The number of carbonyl (C=O) groups excluding carboxylic acids is 1. The summed E-state index contributed by atoms with van der Waals surface area (Å²) in [5, 5.41) is 0.891. The molecule has 0 amide bonds. The van der Waals surface area contributed by atoms with E-state index in [0.29, 0.717) is 12.2 Å². The van der Waals surface area contributed by atoms with Gasteiger partial charge in [-0.15, -0.1) is 0 Å². The first-order chi connectivity index (χ1) is 8.54. The van der Waals surface area contributed by atoms with E-state index in [4.69, 9.17) is 4.74 Å². The summed E-state index contributed by atoms with van der Waals surface area (Å²) in [5.41, 5.74) is 2.13. The molecule has 1 heterocycles. The molecule has 94 valence electrons. The third kappa shape index (κ3) is 2.01. The summed E-state index contributed by atoms with van der Waals surface area (Å²) in [6, 6.07) is 6.79. The van der Waals surface area contributed by atoms with Crippen molar-refractivity contribution < 1.29 is 9.53 Å². The van der Waals surface area contributed by atoms with E-state index in [1.807, 2.05) is 6.92 Å². The normalized spacial score (nSPS) is 10.6. The largest absolute Gasteiger partial charge is 0.462 e. The number of esters is 1. The van der Waals surface area contributed by atoms with Crippen molar-refractivity contribution in [1.82, 2.24) is 4.57 Å². The van der Waals surface area contributed by atoms with Crippen LogP contribution in [0.1, 0.15) is 22.8 Å². The molecule has 18 heavy (non-hydrogen) atoms. The van der Waals surface area contributed by atoms with E-state index >= 15 is 0 Å². The van der Waals surface area contributed by atoms with Crippen molar-refractivity contribution in [2.75, 3.05) is 6.61 Å². The molecule has 0 aliphatic carbocycles. The first kappa shape index (κ1) is 12.4. The van der Waals surface area contributed by atoms with Gasteiger partial charge in [-0.1, -0.05) is 0 Å². The standard InChI is InChI=1S/C14H15NO3/c1-4-18-14(17)10-5-6-12-11(8-10)9(2)7-13(16)15(12)3/h5-8H,4H2,1-3H3. The first-order valence-corrected chi connectivity index (χ1v) is 5.82. The van der Waals surface area contributed by atoms with Crippen LogP contribution < -0.4 is 5.56 Å². The van der Waals surface area contributed by atoms with Crippen molar-refractivity contribution in [3.8, 4) is 0 Å². The highest BCUT2D eigenvalue weighted by molar-refractivity contribution is 5.95. The highest BCUT2D eigenvalue weighted by atomic mass is 16.5. The summed E-state index contributed by atoms with van der Waals surface area (Å²) in [5.74, 6) is -0.340. The molecule has 2 rings (SSSR count). The molecule has 0 spiro atoms. The highest BCUT2D eigenvalue weighted by Crippen LogP contribution is 2.18. The molecule has 0 bridgehead atoms. The zero-order chi connectivity index (χ0) is 13.3. The lowest BCUT2D eigenvalue weighted by molar-refractivity contribution is 0.0526. The second-order valence-electron chi connectivity index (χ2n) is 4.18. The van der Waals surface area contributed by atoms with E-state index in [0.717, 1.165) is 16.5 Å². The van der Waals surface area contributed by atoms with Gasteiger partial charge in [-0.05, 0) is 37.6 Å². The predicted octanol–water partition coefficient (Wildman–Crippen LogP) is 2.02. The zero-order valence-corrected chi connectivity index (χ0v) is 10.7. The van der Waals surface area contributed by atoms with Gasteiger partial charge in [0.25, 0.3) is 5.56 Å². The molecule has 1 aromatic carbocycles.